The molecular formula is C18H26F3N3O2. The average molecular weight is 373 g/mol. The predicted molar refractivity (Wildman–Crippen MR) is 93.3 cm³/mol. The van der Waals surface area contributed by atoms with Gasteiger partial charge in [-0.15, -0.1) is 0 Å². The Morgan fingerprint density at radius 3 is 2.23 bits per heavy atom. The van der Waals surface area contributed by atoms with E-state index in [4.69, 9.17) is 5.73 Å². The second-order valence-corrected chi connectivity index (χ2v) is 7.23. The normalized spacial score (nSPS) is 13.4. The predicted octanol–water partition coefficient (Wildman–Crippen LogP) is 2.20. The van der Waals surface area contributed by atoms with Gasteiger partial charge in [0.25, 0.3) is 0 Å². The number of benzene rings is 1. The van der Waals surface area contributed by atoms with Crippen LogP contribution in [-0.2, 0) is 21.2 Å². The van der Waals surface area contributed by atoms with Crippen LogP contribution in [0.4, 0.5) is 13.2 Å². The van der Waals surface area contributed by atoms with E-state index in [1.807, 2.05) is 0 Å². The Balaban J connectivity index is 2.63. The quantitative estimate of drug-likeness (QED) is 0.685. The molecule has 26 heavy (non-hydrogen) atoms. The molecule has 0 aromatic heterocycles. The number of nitrogens with two attached hydrogens (primary N) is 1. The van der Waals surface area contributed by atoms with Crippen molar-refractivity contribution in [2.24, 2.45) is 11.7 Å². The Morgan fingerprint density at radius 2 is 1.69 bits per heavy atom. The summed E-state index contributed by atoms with van der Waals surface area (Å²) in [4.78, 5) is 23.6. The fourth-order valence-corrected chi connectivity index (χ4v) is 2.19. The largest absolute Gasteiger partial charge is 0.416 e. The van der Waals surface area contributed by atoms with Crippen molar-refractivity contribution in [2.75, 3.05) is 13.1 Å². The third kappa shape index (κ3) is 6.33. The lowest BCUT2D eigenvalue weighted by atomic mass is 9.83. The first-order chi connectivity index (χ1) is 11.8. The van der Waals surface area contributed by atoms with Crippen molar-refractivity contribution >= 4 is 11.8 Å². The van der Waals surface area contributed by atoms with Crippen LogP contribution in [0, 0.1) is 5.92 Å². The van der Waals surface area contributed by atoms with Gasteiger partial charge in [-0.3, -0.25) is 9.59 Å². The summed E-state index contributed by atoms with van der Waals surface area (Å²) in [6.45, 7) is 6.94. The first-order valence-electron chi connectivity index (χ1n) is 8.32. The van der Waals surface area contributed by atoms with Gasteiger partial charge in [0.05, 0.1) is 18.2 Å². The van der Waals surface area contributed by atoms with Gasteiger partial charge in [-0.25, -0.2) is 0 Å². The van der Waals surface area contributed by atoms with E-state index in [-0.39, 0.29) is 19.0 Å². The maximum Gasteiger partial charge on any atom is 0.416 e. The third-order valence-electron chi connectivity index (χ3n) is 4.14. The lowest BCUT2D eigenvalue weighted by Gasteiger charge is -2.26. The van der Waals surface area contributed by atoms with Crippen LogP contribution in [-0.4, -0.2) is 30.9 Å². The number of hydrogen-bond donors (Lipinski definition) is 3. The molecule has 5 nitrogen and oxygen atoms in total. The van der Waals surface area contributed by atoms with Gasteiger partial charge >= 0.3 is 6.18 Å². The van der Waals surface area contributed by atoms with Crippen molar-refractivity contribution in [3.05, 3.63) is 35.4 Å². The van der Waals surface area contributed by atoms with Gasteiger partial charge in [-0.1, -0.05) is 45.9 Å². The summed E-state index contributed by atoms with van der Waals surface area (Å²) in [6, 6.07) is 4.31. The van der Waals surface area contributed by atoms with Crippen LogP contribution in [0.15, 0.2) is 24.3 Å². The molecule has 0 saturated heterocycles. The number of amides is 2. The van der Waals surface area contributed by atoms with Crippen molar-refractivity contribution in [1.82, 2.24) is 10.6 Å². The second kappa shape index (κ2) is 8.53. The van der Waals surface area contributed by atoms with Gasteiger partial charge < -0.3 is 16.4 Å². The molecule has 0 aliphatic carbocycles. The Bertz CT molecular complexity index is 643. The highest BCUT2D eigenvalue weighted by molar-refractivity contribution is 5.87. The molecule has 1 rings (SSSR count). The molecule has 4 N–H and O–H groups in total. The number of rotatable bonds is 7. The van der Waals surface area contributed by atoms with E-state index < -0.39 is 35.0 Å². The van der Waals surface area contributed by atoms with E-state index in [0.717, 1.165) is 12.1 Å². The number of nitrogens with one attached hydrogen (secondary N) is 2. The van der Waals surface area contributed by atoms with E-state index in [1.54, 1.807) is 33.8 Å². The molecule has 0 fully saturated rings. The molecule has 1 aromatic rings. The van der Waals surface area contributed by atoms with Gasteiger partial charge in [0.2, 0.25) is 11.8 Å². The molecule has 0 saturated carbocycles. The lowest BCUT2D eigenvalue weighted by molar-refractivity contribution is -0.137. The van der Waals surface area contributed by atoms with Crippen LogP contribution in [0.1, 0.15) is 38.8 Å². The molecule has 1 aromatic carbocycles. The molecule has 8 heteroatoms. The number of carbonyl (C=O) groups excluding carboxylic acids is 2. The van der Waals surface area contributed by atoms with Crippen LogP contribution in [0.3, 0.4) is 0 Å². The summed E-state index contributed by atoms with van der Waals surface area (Å²) in [5.74, 6) is -0.917. The van der Waals surface area contributed by atoms with Crippen molar-refractivity contribution < 1.29 is 22.8 Å². The molecular weight excluding hydrogens is 347 g/mol. The first-order valence-corrected chi connectivity index (χ1v) is 8.32. The SMILES string of the molecule is CC(C)[C@H](N)C(=O)NCC(=O)NCC(C)(C)c1cccc(C(F)(F)F)c1. The molecule has 0 bridgehead atoms. The molecule has 0 aliphatic rings. The number of carbonyl (C=O) groups is 2. The van der Waals surface area contributed by atoms with Gasteiger partial charge in [-0.2, -0.15) is 13.2 Å². The van der Waals surface area contributed by atoms with Gasteiger partial charge in [-0.05, 0) is 17.5 Å². The number of hydrogen-bond acceptors (Lipinski definition) is 3. The summed E-state index contributed by atoms with van der Waals surface area (Å²) in [5, 5.41) is 5.07. The lowest BCUT2D eigenvalue weighted by Crippen LogP contribution is -2.48. The molecule has 146 valence electrons. The van der Waals surface area contributed by atoms with E-state index >= 15 is 0 Å². The second-order valence-electron chi connectivity index (χ2n) is 7.23. The zero-order chi connectivity index (χ0) is 20.1. The summed E-state index contributed by atoms with van der Waals surface area (Å²) in [7, 11) is 0. The minimum absolute atomic E-state index is 0.0575. The Labute approximate surface area is 151 Å². The van der Waals surface area contributed by atoms with Gasteiger partial charge in [0, 0.05) is 12.0 Å². The van der Waals surface area contributed by atoms with Crippen LogP contribution in [0.25, 0.3) is 0 Å². The maximum absolute atomic E-state index is 12.8. The van der Waals surface area contributed by atoms with Crippen molar-refractivity contribution in [2.45, 2.75) is 45.3 Å². The highest BCUT2D eigenvalue weighted by atomic mass is 19.4. The minimum Gasteiger partial charge on any atom is -0.354 e. The number of halogens is 3. The fourth-order valence-electron chi connectivity index (χ4n) is 2.19. The Kier molecular flexibility index (Phi) is 7.20. The molecule has 0 spiro atoms. The van der Waals surface area contributed by atoms with E-state index in [1.165, 1.54) is 6.07 Å². The number of alkyl halides is 3. The smallest absolute Gasteiger partial charge is 0.354 e. The molecule has 0 aliphatic heterocycles. The molecule has 2 amide bonds. The Hall–Kier alpha value is -2.09. The van der Waals surface area contributed by atoms with Crippen LogP contribution < -0.4 is 16.4 Å². The standard InChI is InChI=1S/C18H26F3N3O2/c1-11(2)15(22)16(26)23-9-14(25)24-10-17(3,4)12-6-5-7-13(8-12)18(19,20)21/h5-8,11,15H,9-10,22H2,1-4H3,(H,23,26)(H,24,25)/t15-/m0/s1. The van der Waals surface area contributed by atoms with Gasteiger partial charge in [0.1, 0.15) is 0 Å². The van der Waals surface area contributed by atoms with Crippen LogP contribution in [0.2, 0.25) is 0 Å². The summed E-state index contributed by atoms with van der Waals surface area (Å²) in [5.41, 5.74) is 4.69. The van der Waals surface area contributed by atoms with E-state index in [0.29, 0.717) is 5.56 Å². The summed E-state index contributed by atoms with van der Waals surface area (Å²) >= 11 is 0. The maximum atomic E-state index is 12.8. The summed E-state index contributed by atoms with van der Waals surface area (Å²) < 4.78 is 38.5. The topological polar surface area (TPSA) is 84.2 Å². The zero-order valence-electron chi connectivity index (χ0n) is 15.4. The molecule has 1 atom stereocenters. The van der Waals surface area contributed by atoms with Crippen molar-refractivity contribution in [1.29, 1.82) is 0 Å². The van der Waals surface area contributed by atoms with Gasteiger partial charge in [0.15, 0.2) is 0 Å². The summed E-state index contributed by atoms with van der Waals surface area (Å²) in [6.07, 6.45) is -4.42. The van der Waals surface area contributed by atoms with Crippen LogP contribution >= 0.6 is 0 Å². The first kappa shape index (κ1) is 22.0. The van der Waals surface area contributed by atoms with E-state index in [9.17, 15) is 22.8 Å². The highest BCUT2D eigenvalue weighted by Crippen LogP contribution is 2.32. The highest BCUT2D eigenvalue weighted by Gasteiger charge is 2.32. The monoisotopic (exact) mass is 373 g/mol. The van der Waals surface area contributed by atoms with E-state index in [2.05, 4.69) is 10.6 Å². The minimum atomic E-state index is -4.42. The van der Waals surface area contributed by atoms with Crippen molar-refractivity contribution in [3.63, 3.8) is 0 Å². The zero-order valence-corrected chi connectivity index (χ0v) is 15.4. The average Bonchev–Trinajstić information content (AvgIpc) is 2.56. The Morgan fingerprint density at radius 1 is 1.12 bits per heavy atom. The molecule has 0 radical (unpaired) electrons. The fraction of sp³-hybridized carbons (Fsp3) is 0.556. The molecule has 0 unspecified atom stereocenters. The van der Waals surface area contributed by atoms with Crippen molar-refractivity contribution in [3.8, 4) is 0 Å². The third-order valence-corrected chi connectivity index (χ3v) is 4.14. The van der Waals surface area contributed by atoms with Crippen LogP contribution in [0.5, 0.6) is 0 Å². The molecule has 0 heterocycles.